The van der Waals surface area contributed by atoms with Crippen molar-refractivity contribution in [1.82, 2.24) is 19.6 Å². The van der Waals surface area contributed by atoms with Crippen molar-refractivity contribution in [2.45, 2.75) is 0 Å². The van der Waals surface area contributed by atoms with Gasteiger partial charge in [-0.25, -0.2) is 0 Å². The molecule has 0 aromatic rings. The summed E-state index contributed by atoms with van der Waals surface area (Å²) in [6.45, 7) is 9.00. The predicted octanol–water partition coefficient (Wildman–Crippen LogP) is -11.6. The molecular weight excluding hydrogens is 790 g/mol. The van der Waals surface area contributed by atoms with E-state index in [0.29, 0.717) is 131 Å². The molecular formula is C24H64Cu4N4O12+12. The molecule has 0 bridgehead atoms. The van der Waals surface area contributed by atoms with Crippen molar-refractivity contribution in [3.63, 3.8) is 0 Å². The topological polar surface area (TPSA) is 288 Å². The molecule has 16 N–H and O–H groups in total. The van der Waals surface area contributed by atoms with Gasteiger partial charge in [-0.1, -0.05) is 0 Å². The standard InChI is InChI=1S/4C6H14NO3.4Cu/c4*8-4-1-7(2-5-9)3-6-10;;;;/h4*8-9H,1-6H2;;;;/q4*-1;4*+2/p+8. The van der Waals surface area contributed by atoms with Gasteiger partial charge < -0.3 is 61.3 Å². The van der Waals surface area contributed by atoms with E-state index in [4.69, 9.17) is 40.9 Å². The van der Waals surface area contributed by atoms with E-state index in [0.717, 1.165) is 0 Å². The Balaban J connectivity index is -0.0000000635. The Morgan fingerprint density at radius 1 is 0.250 bits per heavy atom. The minimum Gasteiger partial charge on any atom is -0.854 e. The van der Waals surface area contributed by atoms with Crippen LogP contribution >= 0.6 is 0 Å². The van der Waals surface area contributed by atoms with Crippen LogP contribution in [0.15, 0.2) is 0 Å². The fourth-order valence-electron chi connectivity index (χ4n) is 3.12. The van der Waals surface area contributed by atoms with E-state index in [-0.39, 0.29) is 94.7 Å². The molecule has 0 spiro atoms. The van der Waals surface area contributed by atoms with Gasteiger partial charge in [0.2, 0.25) is 0 Å². The summed E-state index contributed by atoms with van der Waals surface area (Å²) >= 11 is 0. The number of rotatable bonds is 24. The van der Waals surface area contributed by atoms with Crippen molar-refractivity contribution in [1.29, 1.82) is 0 Å². The molecule has 0 saturated carbocycles. The summed E-state index contributed by atoms with van der Waals surface area (Å²) in [7, 11) is 0. The summed E-state index contributed by atoms with van der Waals surface area (Å²) in [6.07, 6.45) is 0. The summed E-state index contributed by atoms with van der Waals surface area (Å²) < 4.78 is 0. The molecule has 0 unspecified atom stereocenters. The van der Waals surface area contributed by atoms with Gasteiger partial charge in [-0.15, -0.1) is 26.4 Å². The van der Waals surface area contributed by atoms with Gasteiger partial charge in [0.1, 0.15) is 0 Å². The van der Waals surface area contributed by atoms with Crippen LogP contribution in [0.1, 0.15) is 0 Å². The number of nitrogens with zero attached hydrogens (tertiary/aromatic N) is 4. The van der Waals surface area contributed by atoms with Crippen LogP contribution in [0.3, 0.4) is 0 Å². The molecule has 16 nitrogen and oxygen atoms in total. The first-order valence-corrected chi connectivity index (χ1v) is 13.8. The molecule has 44 heavy (non-hydrogen) atoms. The van der Waals surface area contributed by atoms with Crippen LogP contribution in [0.25, 0.3) is 0 Å². The largest absolute Gasteiger partial charge is 2.00 e. The maximum absolute atomic E-state index is 10.1. The first kappa shape index (κ1) is 64.0. The Hall–Kier alpha value is 1.44. The maximum atomic E-state index is 10.1. The first-order valence-electron chi connectivity index (χ1n) is 13.8. The number of hydrogen-bond donors (Lipinski definition) is 0. The van der Waals surface area contributed by atoms with Gasteiger partial charge in [0.15, 0.2) is 52.9 Å². The zero-order valence-electron chi connectivity index (χ0n) is 25.6. The Bertz CT molecular complexity index is 314. The monoisotopic (exact) mass is 852 g/mol. The Kier molecular flexibility index (Phi) is 87.0. The van der Waals surface area contributed by atoms with Crippen molar-refractivity contribution in [2.24, 2.45) is 0 Å². The molecule has 0 fully saturated rings. The van der Waals surface area contributed by atoms with Crippen LogP contribution in [-0.4, -0.2) is 218 Å². The fraction of sp³-hybridized carbons (Fsp3) is 1.00. The van der Waals surface area contributed by atoms with E-state index < -0.39 is 0 Å². The van der Waals surface area contributed by atoms with E-state index in [9.17, 15) is 20.4 Å². The van der Waals surface area contributed by atoms with Gasteiger partial charge in [-0.2, -0.15) is 0 Å². The second-order valence-corrected chi connectivity index (χ2v) is 8.18. The van der Waals surface area contributed by atoms with Crippen LogP contribution in [0.5, 0.6) is 0 Å². The van der Waals surface area contributed by atoms with Crippen LogP contribution in [0.2, 0.25) is 0 Å². The molecule has 0 aromatic heterocycles. The van der Waals surface area contributed by atoms with Crippen LogP contribution < -0.4 is 20.4 Å². The van der Waals surface area contributed by atoms with Crippen molar-refractivity contribution in [2.75, 3.05) is 158 Å². The summed E-state index contributed by atoms with van der Waals surface area (Å²) in [4.78, 5) is 7.42. The molecule has 0 aliphatic carbocycles. The fourth-order valence-corrected chi connectivity index (χ4v) is 3.12. The molecule has 0 aromatic carbocycles. The van der Waals surface area contributed by atoms with Crippen molar-refractivity contribution < 1.29 is 130 Å². The van der Waals surface area contributed by atoms with Gasteiger partial charge in [0.25, 0.3) is 0 Å². The van der Waals surface area contributed by atoms with E-state index in [1.54, 1.807) is 0 Å². The molecule has 0 aliphatic rings. The second-order valence-electron chi connectivity index (χ2n) is 8.18. The molecule has 20 heteroatoms. The predicted molar refractivity (Wildman–Crippen MR) is 153 cm³/mol. The first-order chi connectivity index (χ1) is 19.4. The van der Waals surface area contributed by atoms with E-state index >= 15 is 0 Å². The summed E-state index contributed by atoms with van der Waals surface area (Å²) in [5.74, 6) is 0. The van der Waals surface area contributed by atoms with Gasteiger partial charge in [0, 0.05) is 0 Å². The van der Waals surface area contributed by atoms with E-state index in [2.05, 4.69) is 0 Å². The van der Waals surface area contributed by atoms with Crippen molar-refractivity contribution in [3.05, 3.63) is 0 Å². The van der Waals surface area contributed by atoms with Crippen LogP contribution in [-0.2, 0) is 68.3 Å². The van der Waals surface area contributed by atoms with E-state index in [1.165, 1.54) is 0 Å². The number of hydrogen-bond acceptors (Lipinski definition) is 8. The second kappa shape index (κ2) is 59.8. The SMILES string of the molecule is [Cu+2].[Cu+2].[Cu+2].[Cu+2].[O-]CCN(CC[OH2+])CC[OH2+].[O-]CCN(CC[OH2+])CC[OH2+].[O-]CCN(CC[OH2+])CC[OH2+].[O-]CCN(CC[OH2+])CC[OH2+]. The zero-order chi connectivity index (χ0) is 31.3. The minimum absolute atomic E-state index is 0. The molecule has 0 atom stereocenters. The average Bonchev–Trinajstić information content (AvgIpc) is 2.92. The summed E-state index contributed by atoms with van der Waals surface area (Å²) in [6, 6.07) is 0. The summed E-state index contributed by atoms with van der Waals surface area (Å²) in [5, 5.41) is 95.6. The smallest absolute Gasteiger partial charge is 0.854 e. The third-order valence-corrected chi connectivity index (χ3v) is 5.05. The van der Waals surface area contributed by atoms with Gasteiger partial charge in [-0.3, -0.25) is 19.6 Å². The maximum Gasteiger partial charge on any atom is 2.00 e. The minimum atomic E-state index is -0.125. The summed E-state index contributed by atoms with van der Waals surface area (Å²) in [5.41, 5.74) is 0. The average molecular weight is 855 g/mol. The van der Waals surface area contributed by atoms with Gasteiger partial charge in [-0.05, 0) is 26.2 Å². The quantitative estimate of drug-likeness (QED) is 0.0662. The third-order valence-electron chi connectivity index (χ3n) is 5.05. The molecule has 0 amide bonds. The zero-order valence-corrected chi connectivity index (χ0v) is 29.4. The van der Waals surface area contributed by atoms with Gasteiger partial charge >= 0.3 is 68.3 Å². The molecule has 0 saturated heterocycles. The van der Waals surface area contributed by atoms with Crippen molar-refractivity contribution >= 4 is 0 Å². The molecule has 4 radical (unpaired) electrons. The molecule has 284 valence electrons. The Labute approximate surface area is 305 Å². The van der Waals surface area contributed by atoms with Crippen LogP contribution in [0, 0.1) is 0 Å². The normalized spacial score (nSPS) is 9.82. The molecule has 0 rings (SSSR count). The third kappa shape index (κ3) is 55.8. The van der Waals surface area contributed by atoms with Crippen molar-refractivity contribution in [3.8, 4) is 0 Å². The molecule has 0 aliphatic heterocycles. The van der Waals surface area contributed by atoms with E-state index in [1.807, 2.05) is 19.6 Å². The van der Waals surface area contributed by atoms with Crippen LogP contribution in [0.4, 0.5) is 0 Å². The van der Waals surface area contributed by atoms with Gasteiger partial charge in [0.05, 0.1) is 52.4 Å². The molecule has 0 heterocycles. The Morgan fingerprint density at radius 2 is 0.364 bits per heavy atom. The Morgan fingerprint density at radius 3 is 0.432 bits per heavy atom.